The van der Waals surface area contributed by atoms with Gasteiger partial charge in [0.1, 0.15) is 11.4 Å². The quantitative estimate of drug-likeness (QED) is 0.419. The van der Waals surface area contributed by atoms with E-state index in [1.807, 2.05) is 0 Å². The number of carbonyl (C=O) groups excluding carboxylic acids is 2. The number of carbonyl (C=O) groups is 2. The molecule has 1 aromatic heterocycles. The van der Waals surface area contributed by atoms with E-state index in [1.165, 1.54) is 12.1 Å². The highest BCUT2D eigenvalue weighted by molar-refractivity contribution is 9.10. The molecular formula is C13H12BrN5O4. The lowest BCUT2D eigenvalue weighted by molar-refractivity contribution is -0.383. The smallest absolute Gasteiger partial charge is 0.292 e. The van der Waals surface area contributed by atoms with Gasteiger partial charge in [-0.25, -0.2) is 0 Å². The molecule has 0 spiro atoms. The molecule has 2 aromatic rings. The monoisotopic (exact) mass is 381 g/mol. The van der Waals surface area contributed by atoms with Crippen LogP contribution in [0.2, 0.25) is 0 Å². The fourth-order valence-electron chi connectivity index (χ4n) is 1.84. The molecule has 0 saturated heterocycles. The van der Waals surface area contributed by atoms with Crippen molar-refractivity contribution >= 4 is 39.1 Å². The molecule has 2 amide bonds. The van der Waals surface area contributed by atoms with Gasteiger partial charge in [-0.05, 0) is 34.1 Å². The molecule has 0 unspecified atom stereocenters. The number of aromatic nitrogens is 1. The van der Waals surface area contributed by atoms with Crippen molar-refractivity contribution < 1.29 is 14.5 Å². The Bertz CT molecular complexity index is 802. The summed E-state index contributed by atoms with van der Waals surface area (Å²) in [4.78, 5) is 34.0. The number of nitrogens with two attached hydrogens (primary N) is 1. The van der Waals surface area contributed by atoms with E-state index in [0.29, 0.717) is 10.2 Å². The van der Waals surface area contributed by atoms with Gasteiger partial charge in [0.2, 0.25) is 0 Å². The summed E-state index contributed by atoms with van der Waals surface area (Å²) in [5, 5.41) is 10.8. The Morgan fingerprint density at radius 1 is 1.26 bits per heavy atom. The summed E-state index contributed by atoms with van der Waals surface area (Å²) < 4.78 is 2.28. The lowest BCUT2D eigenvalue weighted by Gasteiger charge is -2.08. The zero-order valence-corrected chi connectivity index (χ0v) is 13.5. The number of hydrogen-bond acceptors (Lipinski definition) is 5. The van der Waals surface area contributed by atoms with Crippen LogP contribution in [-0.2, 0) is 7.05 Å². The van der Waals surface area contributed by atoms with E-state index in [9.17, 15) is 19.7 Å². The summed E-state index contributed by atoms with van der Waals surface area (Å²) in [6.07, 6.45) is 1.68. The Kier molecular flexibility index (Phi) is 4.65. The number of rotatable bonds is 3. The fraction of sp³-hybridized carbons (Fsp3) is 0.0769. The van der Waals surface area contributed by atoms with E-state index in [2.05, 4.69) is 26.8 Å². The van der Waals surface area contributed by atoms with Crippen LogP contribution in [0.4, 0.5) is 11.4 Å². The zero-order chi connectivity index (χ0) is 17.1. The first-order chi connectivity index (χ1) is 10.8. The predicted molar refractivity (Wildman–Crippen MR) is 85.6 cm³/mol. The average Bonchev–Trinajstić information content (AvgIpc) is 2.83. The third kappa shape index (κ3) is 3.66. The second kappa shape index (κ2) is 6.48. The molecule has 0 aliphatic carbocycles. The molecule has 0 aliphatic heterocycles. The van der Waals surface area contributed by atoms with Gasteiger partial charge in [0.15, 0.2) is 0 Å². The van der Waals surface area contributed by atoms with Crippen LogP contribution < -0.4 is 16.6 Å². The van der Waals surface area contributed by atoms with Gasteiger partial charge >= 0.3 is 0 Å². The maximum atomic E-state index is 12.0. The van der Waals surface area contributed by atoms with Crippen molar-refractivity contribution in [3.63, 3.8) is 0 Å². The Balaban J connectivity index is 2.08. The highest BCUT2D eigenvalue weighted by Crippen LogP contribution is 2.22. The van der Waals surface area contributed by atoms with E-state index in [0.717, 1.165) is 6.07 Å². The molecule has 0 atom stereocenters. The van der Waals surface area contributed by atoms with Crippen LogP contribution in [0.25, 0.3) is 0 Å². The van der Waals surface area contributed by atoms with Crippen LogP contribution in [0.3, 0.4) is 0 Å². The van der Waals surface area contributed by atoms with Crippen molar-refractivity contribution in [1.82, 2.24) is 15.4 Å². The maximum absolute atomic E-state index is 12.0. The molecule has 0 radical (unpaired) electrons. The second-order valence-electron chi connectivity index (χ2n) is 4.59. The van der Waals surface area contributed by atoms with Gasteiger partial charge in [-0.3, -0.25) is 30.6 Å². The molecule has 0 saturated carbocycles. The Morgan fingerprint density at radius 2 is 1.91 bits per heavy atom. The summed E-state index contributed by atoms with van der Waals surface area (Å²) in [6, 6.07) is 5.19. The minimum Gasteiger partial charge on any atom is -0.393 e. The molecule has 10 heteroatoms. The van der Waals surface area contributed by atoms with Crippen molar-refractivity contribution in [3.05, 3.63) is 56.3 Å². The first kappa shape index (κ1) is 16.5. The van der Waals surface area contributed by atoms with E-state index in [1.54, 1.807) is 23.9 Å². The molecule has 0 bridgehead atoms. The van der Waals surface area contributed by atoms with Gasteiger partial charge in [0.25, 0.3) is 17.5 Å². The molecular weight excluding hydrogens is 370 g/mol. The molecule has 9 nitrogen and oxygen atoms in total. The summed E-state index contributed by atoms with van der Waals surface area (Å²) in [5.41, 5.74) is 9.77. The number of nitro benzene ring substituents is 1. The van der Waals surface area contributed by atoms with Gasteiger partial charge in [0.05, 0.1) is 4.92 Å². The van der Waals surface area contributed by atoms with Crippen LogP contribution in [0.1, 0.15) is 20.8 Å². The number of nitrogen functional groups attached to an aromatic ring is 1. The molecule has 120 valence electrons. The van der Waals surface area contributed by atoms with Crippen molar-refractivity contribution in [1.29, 1.82) is 0 Å². The van der Waals surface area contributed by atoms with Gasteiger partial charge in [0, 0.05) is 29.3 Å². The fourth-order valence-corrected chi connectivity index (χ4v) is 2.37. The van der Waals surface area contributed by atoms with Crippen molar-refractivity contribution in [2.24, 2.45) is 7.05 Å². The van der Waals surface area contributed by atoms with E-state index in [4.69, 9.17) is 5.73 Å². The summed E-state index contributed by atoms with van der Waals surface area (Å²) >= 11 is 3.23. The third-order valence-electron chi connectivity index (χ3n) is 2.98. The molecule has 1 aromatic carbocycles. The van der Waals surface area contributed by atoms with E-state index in [-0.39, 0.29) is 16.9 Å². The highest BCUT2D eigenvalue weighted by atomic mass is 79.9. The normalized spacial score (nSPS) is 10.2. The van der Waals surface area contributed by atoms with Crippen molar-refractivity contribution in [2.45, 2.75) is 0 Å². The minimum absolute atomic E-state index is 0.000684. The molecule has 4 N–H and O–H groups in total. The van der Waals surface area contributed by atoms with Crippen LogP contribution >= 0.6 is 15.9 Å². The number of nitrogens with one attached hydrogen (secondary N) is 2. The number of benzene rings is 1. The number of nitro groups is 1. The first-order valence-corrected chi connectivity index (χ1v) is 7.05. The lowest BCUT2D eigenvalue weighted by Crippen LogP contribution is -2.42. The Labute approximate surface area is 138 Å². The summed E-state index contributed by atoms with van der Waals surface area (Å²) in [7, 11) is 1.67. The number of nitrogens with zero attached hydrogens (tertiary/aromatic N) is 2. The molecule has 23 heavy (non-hydrogen) atoms. The largest absolute Gasteiger partial charge is 0.393 e. The number of anilines is 1. The Morgan fingerprint density at radius 3 is 2.48 bits per heavy atom. The number of amides is 2. The van der Waals surface area contributed by atoms with Crippen LogP contribution in [-0.4, -0.2) is 21.3 Å². The summed E-state index contributed by atoms with van der Waals surface area (Å²) in [5.74, 6) is -1.23. The topological polar surface area (TPSA) is 132 Å². The maximum Gasteiger partial charge on any atom is 0.292 e. The third-order valence-corrected chi connectivity index (χ3v) is 3.42. The SMILES string of the molecule is Cn1cc(Br)cc1C(=O)NNC(=O)c1ccc(N)c([N+](=O)[O-])c1. The molecule has 0 fully saturated rings. The van der Waals surface area contributed by atoms with Crippen LogP contribution in [0, 0.1) is 10.1 Å². The molecule has 0 aliphatic rings. The van der Waals surface area contributed by atoms with Crippen LogP contribution in [0.5, 0.6) is 0 Å². The van der Waals surface area contributed by atoms with Crippen molar-refractivity contribution in [2.75, 3.05) is 5.73 Å². The van der Waals surface area contributed by atoms with Gasteiger partial charge in [-0.15, -0.1) is 0 Å². The van der Waals surface area contributed by atoms with Crippen molar-refractivity contribution in [3.8, 4) is 0 Å². The first-order valence-electron chi connectivity index (χ1n) is 6.26. The minimum atomic E-state index is -0.699. The predicted octanol–water partition coefficient (Wildman–Crippen LogP) is 1.35. The number of hydrogen-bond donors (Lipinski definition) is 3. The molecule has 1 heterocycles. The Hall–Kier alpha value is -2.88. The lowest BCUT2D eigenvalue weighted by atomic mass is 10.1. The van der Waals surface area contributed by atoms with Gasteiger partial charge < -0.3 is 10.3 Å². The van der Waals surface area contributed by atoms with Gasteiger partial charge in [-0.1, -0.05) is 0 Å². The average molecular weight is 382 g/mol. The molecule has 2 rings (SSSR count). The second-order valence-corrected chi connectivity index (χ2v) is 5.51. The number of aryl methyl sites for hydroxylation is 1. The zero-order valence-electron chi connectivity index (χ0n) is 11.9. The number of halogens is 1. The van der Waals surface area contributed by atoms with E-state index >= 15 is 0 Å². The standard InChI is InChI=1S/C13H12BrN5O4/c1-18-6-8(14)5-11(18)13(21)17-16-12(20)7-2-3-9(15)10(4-7)19(22)23/h2-6H,15H2,1H3,(H,16,20)(H,17,21). The van der Waals surface area contributed by atoms with Gasteiger partial charge in [-0.2, -0.15) is 0 Å². The summed E-state index contributed by atoms with van der Waals surface area (Å²) in [6.45, 7) is 0. The van der Waals surface area contributed by atoms with Crippen LogP contribution in [0.15, 0.2) is 34.9 Å². The van der Waals surface area contributed by atoms with E-state index < -0.39 is 16.7 Å². The number of hydrazine groups is 1. The highest BCUT2D eigenvalue weighted by Gasteiger charge is 2.17.